The smallest absolute Gasteiger partial charge is 0.160 e. The highest BCUT2D eigenvalue weighted by Crippen LogP contribution is 2.09. The first kappa shape index (κ1) is 9.52. The Morgan fingerprint density at radius 1 is 1.70 bits per heavy atom. The van der Waals surface area contributed by atoms with Crippen molar-refractivity contribution < 1.29 is 19.4 Å². The molecule has 0 aliphatic carbocycles. The molecule has 3 unspecified atom stereocenters. The molecule has 0 spiro atoms. The zero-order valence-electron chi connectivity index (χ0n) is 5.70. The SMILES string of the molecule is CC(C(F)C=O)C(O)CO. The molecule has 4 heteroatoms. The third kappa shape index (κ3) is 2.41. The van der Waals surface area contributed by atoms with Crippen molar-refractivity contribution in [1.29, 1.82) is 0 Å². The van der Waals surface area contributed by atoms with Gasteiger partial charge in [-0.15, -0.1) is 0 Å². The minimum atomic E-state index is -1.69. The molecule has 0 aromatic rings. The van der Waals surface area contributed by atoms with Crippen LogP contribution in [0, 0.1) is 5.92 Å². The maximum absolute atomic E-state index is 12.3. The second-order valence-electron chi connectivity index (χ2n) is 2.19. The molecule has 0 saturated carbocycles. The molecule has 0 fully saturated rings. The molecule has 10 heavy (non-hydrogen) atoms. The fourth-order valence-corrected chi connectivity index (χ4v) is 0.502. The monoisotopic (exact) mass is 150 g/mol. The van der Waals surface area contributed by atoms with E-state index in [0.717, 1.165) is 0 Å². The number of aliphatic hydroxyl groups is 2. The Morgan fingerprint density at radius 3 is 2.50 bits per heavy atom. The number of aliphatic hydroxyl groups excluding tert-OH is 2. The maximum atomic E-state index is 12.3. The number of carbonyl (C=O) groups excluding carboxylic acids is 1. The van der Waals surface area contributed by atoms with Crippen molar-refractivity contribution in [3.63, 3.8) is 0 Å². The van der Waals surface area contributed by atoms with Crippen LogP contribution in [0.3, 0.4) is 0 Å². The lowest BCUT2D eigenvalue weighted by molar-refractivity contribution is -0.115. The molecule has 3 nitrogen and oxygen atoms in total. The fraction of sp³-hybridized carbons (Fsp3) is 0.833. The van der Waals surface area contributed by atoms with Crippen molar-refractivity contribution in [2.45, 2.75) is 19.2 Å². The van der Waals surface area contributed by atoms with E-state index in [1.54, 1.807) is 0 Å². The van der Waals surface area contributed by atoms with E-state index in [0.29, 0.717) is 0 Å². The van der Waals surface area contributed by atoms with Gasteiger partial charge in [-0.3, -0.25) is 0 Å². The summed E-state index contributed by atoms with van der Waals surface area (Å²) in [6.45, 7) is 0.843. The van der Waals surface area contributed by atoms with Crippen LogP contribution in [0.15, 0.2) is 0 Å². The summed E-state index contributed by atoms with van der Waals surface area (Å²) in [6.07, 6.45) is -2.73. The molecule has 0 rings (SSSR count). The first-order valence-corrected chi connectivity index (χ1v) is 3.01. The van der Waals surface area contributed by atoms with Crippen molar-refractivity contribution in [3.05, 3.63) is 0 Å². The van der Waals surface area contributed by atoms with E-state index in [1.165, 1.54) is 6.92 Å². The van der Waals surface area contributed by atoms with Crippen LogP contribution < -0.4 is 0 Å². The number of carbonyl (C=O) groups is 1. The standard InChI is InChI=1S/C6H11FO3/c1-4(5(7)2-8)6(10)3-9/h2,4-6,9-10H,3H2,1H3. The van der Waals surface area contributed by atoms with Gasteiger partial charge < -0.3 is 15.0 Å². The van der Waals surface area contributed by atoms with Crippen molar-refractivity contribution in [3.8, 4) is 0 Å². The molecule has 0 amide bonds. The number of aldehydes is 1. The highest BCUT2D eigenvalue weighted by atomic mass is 19.1. The van der Waals surface area contributed by atoms with Crippen molar-refractivity contribution in [1.82, 2.24) is 0 Å². The van der Waals surface area contributed by atoms with Crippen LogP contribution in [-0.2, 0) is 4.79 Å². The van der Waals surface area contributed by atoms with Gasteiger partial charge in [-0.05, 0) is 0 Å². The molecule has 0 aromatic carbocycles. The lowest BCUT2D eigenvalue weighted by Crippen LogP contribution is -2.30. The van der Waals surface area contributed by atoms with Gasteiger partial charge in [0.15, 0.2) is 12.5 Å². The average molecular weight is 150 g/mol. The number of rotatable bonds is 4. The van der Waals surface area contributed by atoms with Crippen LogP contribution in [0.5, 0.6) is 0 Å². The third-order valence-corrected chi connectivity index (χ3v) is 1.43. The van der Waals surface area contributed by atoms with Gasteiger partial charge >= 0.3 is 0 Å². The molecule has 0 aliphatic heterocycles. The van der Waals surface area contributed by atoms with Gasteiger partial charge in [0.2, 0.25) is 0 Å². The highest BCUT2D eigenvalue weighted by Gasteiger charge is 2.22. The Balaban J connectivity index is 3.80. The molecule has 0 bridgehead atoms. The molecule has 2 N–H and O–H groups in total. The molecule has 0 radical (unpaired) electrons. The summed E-state index contributed by atoms with van der Waals surface area (Å²) in [7, 11) is 0. The van der Waals surface area contributed by atoms with Crippen molar-refractivity contribution in [2.75, 3.05) is 6.61 Å². The highest BCUT2D eigenvalue weighted by molar-refractivity contribution is 5.56. The molecule has 3 atom stereocenters. The van der Waals surface area contributed by atoms with Gasteiger partial charge in [0.25, 0.3) is 0 Å². The fourth-order valence-electron chi connectivity index (χ4n) is 0.502. The Kier molecular flexibility index (Phi) is 4.14. The van der Waals surface area contributed by atoms with E-state index in [2.05, 4.69) is 0 Å². The minimum Gasteiger partial charge on any atom is -0.394 e. The number of hydrogen-bond donors (Lipinski definition) is 2. The van der Waals surface area contributed by atoms with Crippen LogP contribution in [0.1, 0.15) is 6.92 Å². The first-order valence-electron chi connectivity index (χ1n) is 3.01. The van der Waals surface area contributed by atoms with Gasteiger partial charge in [-0.25, -0.2) is 4.39 Å². The van der Waals surface area contributed by atoms with E-state index in [-0.39, 0.29) is 6.29 Å². The van der Waals surface area contributed by atoms with Gasteiger partial charge in [0, 0.05) is 5.92 Å². The summed E-state index contributed by atoms with van der Waals surface area (Å²) < 4.78 is 12.3. The van der Waals surface area contributed by atoms with Crippen LogP contribution >= 0.6 is 0 Å². The predicted octanol–water partition coefficient (Wildman–Crippen LogP) is -0.487. The molecule has 0 aliphatic rings. The Labute approximate surface area is 58.5 Å². The van der Waals surface area contributed by atoms with E-state index in [9.17, 15) is 9.18 Å². The molecule has 0 saturated heterocycles. The van der Waals surface area contributed by atoms with Gasteiger partial charge in [0.05, 0.1) is 12.7 Å². The molecular weight excluding hydrogens is 139 g/mol. The minimum absolute atomic E-state index is 0.115. The van der Waals surface area contributed by atoms with Crippen molar-refractivity contribution >= 4 is 6.29 Å². The second-order valence-corrected chi connectivity index (χ2v) is 2.19. The number of hydrogen-bond acceptors (Lipinski definition) is 3. The van der Waals surface area contributed by atoms with Crippen LogP contribution in [0.4, 0.5) is 4.39 Å². The molecular formula is C6H11FO3. The lowest BCUT2D eigenvalue weighted by Gasteiger charge is -2.15. The van der Waals surface area contributed by atoms with Crippen LogP contribution in [0.2, 0.25) is 0 Å². The largest absolute Gasteiger partial charge is 0.394 e. The summed E-state index contributed by atoms with van der Waals surface area (Å²) in [5, 5.41) is 17.1. The van der Waals surface area contributed by atoms with Gasteiger partial charge in [0.1, 0.15) is 0 Å². The normalized spacial score (nSPS) is 19.6. The molecule has 0 heterocycles. The van der Waals surface area contributed by atoms with Gasteiger partial charge in [-0.1, -0.05) is 6.92 Å². The van der Waals surface area contributed by atoms with E-state index in [1.807, 2.05) is 0 Å². The van der Waals surface area contributed by atoms with Gasteiger partial charge in [-0.2, -0.15) is 0 Å². The summed E-state index contributed by atoms with van der Waals surface area (Å²) in [5.74, 6) is -0.831. The maximum Gasteiger partial charge on any atom is 0.160 e. The number of alkyl halides is 1. The summed E-state index contributed by atoms with van der Waals surface area (Å²) >= 11 is 0. The third-order valence-electron chi connectivity index (χ3n) is 1.43. The zero-order chi connectivity index (χ0) is 8.15. The lowest BCUT2D eigenvalue weighted by atomic mass is 10.0. The van der Waals surface area contributed by atoms with Crippen LogP contribution in [0.25, 0.3) is 0 Å². The number of halogens is 1. The predicted molar refractivity (Wildman–Crippen MR) is 33.2 cm³/mol. The van der Waals surface area contributed by atoms with E-state index in [4.69, 9.17) is 10.2 Å². The molecule has 0 aromatic heterocycles. The molecule has 60 valence electrons. The zero-order valence-corrected chi connectivity index (χ0v) is 5.70. The van der Waals surface area contributed by atoms with Crippen molar-refractivity contribution in [2.24, 2.45) is 5.92 Å². The van der Waals surface area contributed by atoms with E-state index >= 15 is 0 Å². The second kappa shape index (κ2) is 4.35. The quantitative estimate of drug-likeness (QED) is 0.532. The average Bonchev–Trinajstić information content (AvgIpc) is 2.00. The van der Waals surface area contributed by atoms with Crippen LogP contribution in [-0.4, -0.2) is 35.4 Å². The summed E-state index contributed by atoms with van der Waals surface area (Å²) in [4.78, 5) is 9.80. The Morgan fingerprint density at radius 2 is 2.20 bits per heavy atom. The topological polar surface area (TPSA) is 57.5 Å². The Bertz CT molecular complexity index is 107. The summed E-state index contributed by atoms with van der Waals surface area (Å²) in [5.41, 5.74) is 0. The van der Waals surface area contributed by atoms with E-state index < -0.39 is 24.8 Å². The summed E-state index contributed by atoms with van der Waals surface area (Å²) in [6, 6.07) is 0. The first-order chi connectivity index (χ1) is 4.63. The Hall–Kier alpha value is -0.480.